The Bertz CT molecular complexity index is 510. The molecule has 0 radical (unpaired) electrons. The summed E-state index contributed by atoms with van der Waals surface area (Å²) in [6.07, 6.45) is 4.64. The average Bonchev–Trinajstić information content (AvgIpc) is 2.65. The number of benzene rings is 1. The second-order valence-corrected chi connectivity index (χ2v) is 4.20. The molecule has 0 N–H and O–H groups in total. The lowest BCUT2D eigenvalue weighted by atomic mass is 10.1. The number of carbonyl (C=O) groups excluding carboxylic acids is 1. The molecular formula is C14H17NO. The fourth-order valence-electron chi connectivity index (χ4n) is 2.04. The molecule has 0 spiro atoms. The average molecular weight is 215 g/mol. The van der Waals surface area contributed by atoms with E-state index >= 15 is 0 Å². The molecule has 1 aromatic heterocycles. The van der Waals surface area contributed by atoms with Crippen LogP contribution in [0.15, 0.2) is 30.5 Å². The van der Waals surface area contributed by atoms with E-state index in [1.807, 2.05) is 42.1 Å². The molecule has 84 valence electrons. The molecule has 0 fully saturated rings. The van der Waals surface area contributed by atoms with Gasteiger partial charge in [-0.1, -0.05) is 31.5 Å². The second kappa shape index (κ2) is 4.52. The van der Waals surface area contributed by atoms with Gasteiger partial charge in [0.1, 0.15) is 0 Å². The number of hydrogen-bond donors (Lipinski definition) is 0. The Morgan fingerprint density at radius 1 is 1.31 bits per heavy atom. The number of unbranched alkanes of at least 4 members (excludes halogenated alkanes) is 1. The number of Topliss-reactive ketones (excluding diaryl/α,β-unsaturated/α-hetero) is 1. The zero-order valence-electron chi connectivity index (χ0n) is 9.86. The van der Waals surface area contributed by atoms with Gasteiger partial charge in [0.05, 0.1) is 0 Å². The van der Waals surface area contributed by atoms with Gasteiger partial charge in [0.15, 0.2) is 5.78 Å². The lowest BCUT2D eigenvalue weighted by Crippen LogP contribution is -1.97. The molecule has 2 nitrogen and oxygen atoms in total. The third-order valence-electron chi connectivity index (χ3n) is 2.95. The predicted octanol–water partition coefficient (Wildman–Crippen LogP) is 3.55. The fraction of sp³-hybridized carbons (Fsp3) is 0.357. The molecule has 0 amide bonds. The summed E-state index contributed by atoms with van der Waals surface area (Å²) < 4.78 is 2.02. The van der Waals surface area contributed by atoms with Crippen molar-refractivity contribution in [3.8, 4) is 0 Å². The van der Waals surface area contributed by atoms with Gasteiger partial charge < -0.3 is 4.57 Å². The van der Waals surface area contributed by atoms with E-state index in [0.29, 0.717) is 6.42 Å². The van der Waals surface area contributed by atoms with Crippen LogP contribution in [0.25, 0.3) is 10.9 Å². The number of para-hydroxylation sites is 1. The van der Waals surface area contributed by atoms with E-state index in [1.165, 1.54) is 0 Å². The Labute approximate surface area is 95.9 Å². The number of aromatic nitrogens is 1. The van der Waals surface area contributed by atoms with Crippen molar-refractivity contribution in [2.45, 2.75) is 26.2 Å². The van der Waals surface area contributed by atoms with Crippen LogP contribution in [-0.4, -0.2) is 10.4 Å². The number of hydrogen-bond acceptors (Lipinski definition) is 1. The van der Waals surface area contributed by atoms with E-state index in [9.17, 15) is 4.79 Å². The van der Waals surface area contributed by atoms with Crippen LogP contribution in [0.2, 0.25) is 0 Å². The van der Waals surface area contributed by atoms with Crippen molar-refractivity contribution in [1.29, 1.82) is 0 Å². The summed E-state index contributed by atoms with van der Waals surface area (Å²) in [6.45, 7) is 2.11. The van der Waals surface area contributed by atoms with Gasteiger partial charge in [-0.05, 0) is 12.5 Å². The lowest BCUT2D eigenvalue weighted by molar-refractivity contribution is 0.0981. The standard InChI is InChI=1S/C14H17NO/c1-3-4-9-14(16)12-10-15(2)13-8-6-5-7-11(12)13/h5-8,10H,3-4,9H2,1-2H3. The predicted molar refractivity (Wildman–Crippen MR) is 66.8 cm³/mol. The normalized spacial score (nSPS) is 10.9. The first-order valence-electron chi connectivity index (χ1n) is 5.81. The number of rotatable bonds is 4. The van der Waals surface area contributed by atoms with Crippen LogP contribution in [-0.2, 0) is 7.05 Å². The van der Waals surface area contributed by atoms with E-state index in [-0.39, 0.29) is 5.78 Å². The molecular weight excluding hydrogens is 198 g/mol. The van der Waals surface area contributed by atoms with E-state index in [2.05, 4.69) is 6.92 Å². The minimum Gasteiger partial charge on any atom is -0.350 e. The van der Waals surface area contributed by atoms with Gasteiger partial charge in [-0.25, -0.2) is 0 Å². The lowest BCUT2D eigenvalue weighted by Gasteiger charge is -1.97. The van der Waals surface area contributed by atoms with Crippen LogP contribution in [0.5, 0.6) is 0 Å². The maximum atomic E-state index is 12.0. The highest BCUT2D eigenvalue weighted by Gasteiger charge is 2.12. The summed E-state index contributed by atoms with van der Waals surface area (Å²) in [4.78, 5) is 12.0. The molecule has 1 aromatic carbocycles. The molecule has 0 unspecified atom stereocenters. The first kappa shape index (κ1) is 10.9. The summed E-state index contributed by atoms with van der Waals surface area (Å²) in [5.41, 5.74) is 1.99. The molecule has 2 rings (SSSR count). The molecule has 2 aromatic rings. The molecule has 0 saturated carbocycles. The largest absolute Gasteiger partial charge is 0.350 e. The van der Waals surface area contributed by atoms with Gasteiger partial charge in [0.25, 0.3) is 0 Å². The highest BCUT2D eigenvalue weighted by atomic mass is 16.1. The third kappa shape index (κ3) is 1.87. The number of ketones is 1. The van der Waals surface area contributed by atoms with Gasteiger partial charge in [-0.3, -0.25) is 4.79 Å². The zero-order chi connectivity index (χ0) is 11.5. The van der Waals surface area contributed by atoms with Crippen molar-refractivity contribution in [3.05, 3.63) is 36.0 Å². The molecule has 0 aliphatic rings. The van der Waals surface area contributed by atoms with Gasteiger partial charge >= 0.3 is 0 Å². The van der Waals surface area contributed by atoms with Crippen LogP contribution >= 0.6 is 0 Å². The molecule has 0 saturated heterocycles. The van der Waals surface area contributed by atoms with Crippen molar-refractivity contribution >= 4 is 16.7 Å². The van der Waals surface area contributed by atoms with Crippen molar-refractivity contribution in [2.24, 2.45) is 7.05 Å². The highest BCUT2D eigenvalue weighted by Crippen LogP contribution is 2.22. The SMILES string of the molecule is CCCCC(=O)c1cn(C)c2ccccc12. The fourth-order valence-corrected chi connectivity index (χ4v) is 2.04. The number of fused-ring (bicyclic) bond motifs is 1. The van der Waals surface area contributed by atoms with Gasteiger partial charge in [0, 0.05) is 36.1 Å². The molecule has 1 heterocycles. The van der Waals surface area contributed by atoms with Crippen LogP contribution in [0.3, 0.4) is 0 Å². The van der Waals surface area contributed by atoms with Crippen molar-refractivity contribution in [1.82, 2.24) is 4.57 Å². The Hall–Kier alpha value is -1.57. The minimum absolute atomic E-state index is 0.263. The Kier molecular flexibility index (Phi) is 3.09. The van der Waals surface area contributed by atoms with E-state index in [1.54, 1.807) is 0 Å². The Morgan fingerprint density at radius 2 is 2.06 bits per heavy atom. The monoisotopic (exact) mass is 215 g/mol. The van der Waals surface area contributed by atoms with Gasteiger partial charge in [0.2, 0.25) is 0 Å². The number of aryl methyl sites for hydroxylation is 1. The summed E-state index contributed by atoms with van der Waals surface area (Å²) in [6, 6.07) is 8.06. The zero-order valence-corrected chi connectivity index (χ0v) is 9.86. The number of carbonyl (C=O) groups is 1. The Balaban J connectivity index is 2.41. The van der Waals surface area contributed by atoms with E-state index < -0.39 is 0 Å². The Morgan fingerprint density at radius 3 is 2.81 bits per heavy atom. The maximum Gasteiger partial charge on any atom is 0.165 e. The molecule has 0 aliphatic heterocycles. The smallest absolute Gasteiger partial charge is 0.165 e. The number of nitrogens with zero attached hydrogens (tertiary/aromatic N) is 1. The van der Waals surface area contributed by atoms with Crippen LogP contribution in [0, 0.1) is 0 Å². The van der Waals surface area contributed by atoms with Crippen molar-refractivity contribution in [2.75, 3.05) is 0 Å². The third-order valence-corrected chi connectivity index (χ3v) is 2.95. The van der Waals surface area contributed by atoms with Crippen molar-refractivity contribution in [3.63, 3.8) is 0 Å². The summed E-state index contributed by atoms with van der Waals surface area (Å²) in [5, 5.41) is 1.08. The molecule has 0 aliphatic carbocycles. The maximum absolute atomic E-state index is 12.0. The topological polar surface area (TPSA) is 22.0 Å². The van der Waals surface area contributed by atoms with E-state index in [0.717, 1.165) is 29.3 Å². The van der Waals surface area contributed by atoms with Crippen LogP contribution < -0.4 is 0 Å². The quantitative estimate of drug-likeness (QED) is 0.715. The first-order valence-corrected chi connectivity index (χ1v) is 5.81. The molecule has 0 bridgehead atoms. The second-order valence-electron chi connectivity index (χ2n) is 4.20. The highest BCUT2D eigenvalue weighted by molar-refractivity contribution is 6.08. The summed E-state index contributed by atoms with van der Waals surface area (Å²) in [5.74, 6) is 0.263. The minimum atomic E-state index is 0.263. The van der Waals surface area contributed by atoms with Crippen molar-refractivity contribution < 1.29 is 4.79 Å². The molecule has 2 heteroatoms. The van der Waals surface area contributed by atoms with Gasteiger partial charge in [-0.2, -0.15) is 0 Å². The molecule has 16 heavy (non-hydrogen) atoms. The summed E-state index contributed by atoms with van der Waals surface area (Å²) >= 11 is 0. The first-order chi connectivity index (χ1) is 7.74. The van der Waals surface area contributed by atoms with Crippen LogP contribution in [0.4, 0.5) is 0 Å². The molecule has 0 atom stereocenters. The van der Waals surface area contributed by atoms with Gasteiger partial charge in [-0.15, -0.1) is 0 Å². The van der Waals surface area contributed by atoms with E-state index in [4.69, 9.17) is 0 Å². The summed E-state index contributed by atoms with van der Waals surface area (Å²) in [7, 11) is 1.99. The van der Waals surface area contributed by atoms with Crippen LogP contribution in [0.1, 0.15) is 36.5 Å².